The van der Waals surface area contributed by atoms with Crippen molar-refractivity contribution in [2.24, 2.45) is 0 Å². The molecule has 26 heavy (non-hydrogen) atoms. The maximum absolute atomic E-state index is 12.7. The fourth-order valence-electron chi connectivity index (χ4n) is 2.19. The van der Waals surface area contributed by atoms with Gasteiger partial charge in [0.2, 0.25) is 11.1 Å². The van der Waals surface area contributed by atoms with Crippen molar-refractivity contribution in [3.05, 3.63) is 47.4 Å². The number of amides is 1. The van der Waals surface area contributed by atoms with E-state index in [0.717, 1.165) is 45.5 Å². The molecule has 0 radical (unpaired) electrons. The van der Waals surface area contributed by atoms with Crippen LogP contribution in [0.25, 0.3) is 5.65 Å². The van der Waals surface area contributed by atoms with Crippen molar-refractivity contribution >= 4 is 29.0 Å². The lowest BCUT2D eigenvalue weighted by Crippen LogP contribution is -2.15. The van der Waals surface area contributed by atoms with E-state index in [-0.39, 0.29) is 22.5 Å². The van der Waals surface area contributed by atoms with Crippen LogP contribution in [0.15, 0.2) is 35.7 Å². The summed E-state index contributed by atoms with van der Waals surface area (Å²) in [4.78, 5) is 19.4. The first-order valence-corrected chi connectivity index (χ1v) is 8.51. The number of benzene rings is 1. The lowest BCUT2D eigenvalue weighted by Gasteiger charge is -2.09. The Labute approximate surface area is 150 Å². The number of aryl methyl sites for hydroxylation is 1. The molecule has 10 heteroatoms. The number of carbonyl (C=O) groups excluding carboxylic acids is 1. The van der Waals surface area contributed by atoms with E-state index in [1.807, 2.05) is 26.0 Å². The fourth-order valence-corrected chi connectivity index (χ4v) is 2.83. The number of halogens is 3. The zero-order valence-electron chi connectivity index (χ0n) is 13.8. The molecule has 0 unspecified atom stereocenters. The van der Waals surface area contributed by atoms with Crippen LogP contribution < -0.4 is 5.32 Å². The number of thioether (sulfide) groups is 1. The minimum absolute atomic E-state index is 0.0183. The molecule has 0 fully saturated rings. The van der Waals surface area contributed by atoms with Crippen molar-refractivity contribution in [2.45, 2.75) is 25.2 Å². The number of aromatic nitrogens is 4. The average Bonchev–Trinajstić information content (AvgIpc) is 2.98. The van der Waals surface area contributed by atoms with Gasteiger partial charge < -0.3 is 5.32 Å². The molecule has 3 rings (SSSR count). The molecule has 0 aliphatic carbocycles. The molecule has 0 bridgehead atoms. The summed E-state index contributed by atoms with van der Waals surface area (Å²) in [5.41, 5.74) is 1.73. The van der Waals surface area contributed by atoms with Crippen molar-refractivity contribution in [1.82, 2.24) is 19.6 Å². The van der Waals surface area contributed by atoms with Crippen LogP contribution in [0.3, 0.4) is 0 Å². The molecule has 0 spiro atoms. The van der Waals surface area contributed by atoms with Gasteiger partial charge in [0, 0.05) is 11.8 Å². The molecule has 3 aromatic rings. The highest BCUT2D eigenvalue weighted by Crippen LogP contribution is 2.28. The molecule has 1 amide bonds. The van der Waals surface area contributed by atoms with Crippen LogP contribution in [0.2, 0.25) is 0 Å². The number of nitrogens with zero attached hydrogens (tertiary/aromatic N) is 4. The second-order valence-corrected chi connectivity index (χ2v) is 6.50. The summed E-state index contributed by atoms with van der Waals surface area (Å²) in [7, 11) is 0. The number of anilines is 1. The summed E-state index contributed by atoms with van der Waals surface area (Å²) >= 11 is 1.03. The summed E-state index contributed by atoms with van der Waals surface area (Å²) in [5.74, 6) is -0.222. The van der Waals surface area contributed by atoms with Crippen LogP contribution in [0.4, 0.5) is 18.9 Å². The van der Waals surface area contributed by atoms with E-state index < -0.39 is 11.9 Å². The number of hydrogen-bond donors (Lipinski definition) is 1. The quantitative estimate of drug-likeness (QED) is 0.701. The van der Waals surface area contributed by atoms with Crippen molar-refractivity contribution < 1.29 is 18.0 Å². The molecule has 1 N–H and O–H groups in total. The van der Waals surface area contributed by atoms with Gasteiger partial charge in [-0.3, -0.25) is 4.79 Å². The van der Waals surface area contributed by atoms with Gasteiger partial charge in [-0.15, -0.1) is 5.10 Å². The Kier molecular flexibility index (Phi) is 4.86. The van der Waals surface area contributed by atoms with Gasteiger partial charge in [0.05, 0.1) is 5.75 Å². The highest BCUT2D eigenvalue weighted by molar-refractivity contribution is 7.99. The number of nitrogens with one attached hydrogen (secondary N) is 1. The van der Waals surface area contributed by atoms with E-state index in [1.165, 1.54) is 0 Å². The van der Waals surface area contributed by atoms with E-state index in [9.17, 15) is 18.0 Å². The Balaban J connectivity index is 1.67. The molecule has 0 atom stereocenters. The number of hydrogen-bond acceptors (Lipinski definition) is 5. The first-order chi connectivity index (χ1) is 12.2. The topological polar surface area (TPSA) is 72.2 Å². The van der Waals surface area contributed by atoms with Gasteiger partial charge in [-0.05, 0) is 31.0 Å². The third-order valence-corrected chi connectivity index (χ3v) is 4.55. The molecule has 136 valence electrons. The molecular formula is C16H14F3N5OS. The maximum atomic E-state index is 12.7. The van der Waals surface area contributed by atoms with Gasteiger partial charge in [0.15, 0.2) is 5.65 Å². The van der Waals surface area contributed by atoms with Crippen molar-refractivity contribution in [3.63, 3.8) is 0 Å². The van der Waals surface area contributed by atoms with Gasteiger partial charge in [-0.1, -0.05) is 23.9 Å². The molecule has 0 saturated heterocycles. The van der Waals surface area contributed by atoms with Gasteiger partial charge >= 0.3 is 6.18 Å². The smallest absolute Gasteiger partial charge is 0.325 e. The van der Waals surface area contributed by atoms with Crippen LogP contribution in [0, 0.1) is 13.8 Å². The van der Waals surface area contributed by atoms with E-state index >= 15 is 0 Å². The van der Waals surface area contributed by atoms with Gasteiger partial charge in [-0.2, -0.15) is 13.2 Å². The minimum atomic E-state index is -4.55. The summed E-state index contributed by atoms with van der Waals surface area (Å²) in [5, 5.41) is 7.00. The van der Waals surface area contributed by atoms with Crippen LogP contribution >= 0.6 is 11.8 Å². The summed E-state index contributed by atoms with van der Waals surface area (Å²) in [6.45, 7) is 3.86. The molecule has 6 nitrogen and oxygen atoms in total. The first kappa shape index (κ1) is 18.2. The predicted molar refractivity (Wildman–Crippen MR) is 91.1 cm³/mol. The van der Waals surface area contributed by atoms with Crippen LogP contribution in [0.1, 0.15) is 16.8 Å². The lowest BCUT2D eigenvalue weighted by atomic mass is 10.1. The SMILES string of the molecule is Cc1cccc(NC(=O)CSc2nc3cc(C(F)(F)F)ncn3n2)c1C. The predicted octanol–water partition coefficient (Wildman–Crippen LogP) is 3.49. The highest BCUT2D eigenvalue weighted by Gasteiger charge is 2.33. The van der Waals surface area contributed by atoms with Gasteiger partial charge in [0.25, 0.3) is 0 Å². The average molecular weight is 381 g/mol. The van der Waals surface area contributed by atoms with Gasteiger partial charge in [-0.25, -0.2) is 14.5 Å². The summed E-state index contributed by atoms with van der Waals surface area (Å²) in [6, 6.07) is 6.41. The second-order valence-electron chi connectivity index (χ2n) is 5.55. The molecular weight excluding hydrogens is 367 g/mol. The second kappa shape index (κ2) is 6.94. The Morgan fingerprint density at radius 3 is 2.81 bits per heavy atom. The summed E-state index contributed by atoms with van der Waals surface area (Å²) < 4.78 is 39.1. The fraction of sp³-hybridized carbons (Fsp3) is 0.250. The lowest BCUT2D eigenvalue weighted by molar-refractivity contribution is -0.141. The maximum Gasteiger partial charge on any atom is 0.433 e. The monoisotopic (exact) mass is 381 g/mol. The molecule has 0 aliphatic heterocycles. The number of carbonyl (C=O) groups is 1. The highest BCUT2D eigenvalue weighted by atomic mass is 32.2. The molecule has 2 heterocycles. The van der Waals surface area contributed by atoms with Crippen LogP contribution in [-0.4, -0.2) is 31.2 Å². The van der Waals surface area contributed by atoms with E-state index in [2.05, 4.69) is 20.4 Å². The molecule has 1 aromatic carbocycles. The summed E-state index contributed by atoms with van der Waals surface area (Å²) in [6.07, 6.45) is -3.60. The number of rotatable bonds is 4. The van der Waals surface area contributed by atoms with Crippen molar-refractivity contribution in [3.8, 4) is 0 Å². The Morgan fingerprint density at radius 1 is 1.31 bits per heavy atom. The first-order valence-electron chi connectivity index (χ1n) is 7.52. The Hall–Kier alpha value is -2.62. The van der Waals surface area contributed by atoms with Gasteiger partial charge in [0.1, 0.15) is 12.0 Å². The minimum Gasteiger partial charge on any atom is -0.325 e. The Bertz CT molecular complexity index is 970. The third kappa shape index (κ3) is 3.96. The Morgan fingerprint density at radius 2 is 2.08 bits per heavy atom. The van der Waals surface area contributed by atoms with Crippen LogP contribution in [-0.2, 0) is 11.0 Å². The standard InChI is InChI=1S/C16H14F3N5OS/c1-9-4-3-5-11(10(9)2)21-14(25)7-26-15-22-13-6-12(16(17,18)19)20-8-24(13)23-15/h3-6,8H,7H2,1-2H3,(H,21,25). The van der Waals surface area contributed by atoms with Crippen LogP contribution in [0.5, 0.6) is 0 Å². The molecule has 0 saturated carbocycles. The third-order valence-electron chi connectivity index (χ3n) is 3.71. The number of alkyl halides is 3. The molecule has 2 aromatic heterocycles. The largest absolute Gasteiger partial charge is 0.433 e. The molecule has 0 aliphatic rings. The van der Waals surface area contributed by atoms with Crippen molar-refractivity contribution in [2.75, 3.05) is 11.1 Å². The van der Waals surface area contributed by atoms with E-state index in [1.54, 1.807) is 6.07 Å². The van der Waals surface area contributed by atoms with E-state index in [4.69, 9.17) is 0 Å². The van der Waals surface area contributed by atoms with Crippen molar-refractivity contribution in [1.29, 1.82) is 0 Å². The van der Waals surface area contributed by atoms with E-state index in [0.29, 0.717) is 0 Å². The number of fused-ring (bicyclic) bond motifs is 1. The zero-order valence-corrected chi connectivity index (χ0v) is 14.6. The zero-order chi connectivity index (χ0) is 18.9. The normalized spacial score (nSPS) is 11.7.